The van der Waals surface area contributed by atoms with E-state index in [4.69, 9.17) is 0 Å². The van der Waals surface area contributed by atoms with Crippen molar-refractivity contribution in [2.45, 2.75) is 25.9 Å². The van der Waals surface area contributed by atoms with E-state index in [1.165, 1.54) is 30.1 Å². The minimum absolute atomic E-state index is 0.0747. The molecule has 1 atom stereocenters. The highest BCUT2D eigenvalue weighted by Gasteiger charge is 2.33. The normalized spacial score (nSPS) is 12.0. The number of hydrogen-bond donors (Lipinski definition) is 1. The van der Waals surface area contributed by atoms with Crippen LogP contribution >= 0.6 is 0 Å². The quantitative estimate of drug-likeness (QED) is 0.453. The Bertz CT molecular complexity index is 1320. The first kappa shape index (κ1) is 26.9. The number of benzene rings is 3. The van der Waals surface area contributed by atoms with E-state index in [0.29, 0.717) is 0 Å². The maximum Gasteiger partial charge on any atom is 0.244 e. The van der Waals surface area contributed by atoms with Crippen LogP contribution in [-0.4, -0.2) is 51.0 Å². The summed E-state index contributed by atoms with van der Waals surface area (Å²) < 4.78 is 40.5. The molecule has 2 amide bonds. The molecule has 190 valence electrons. The van der Waals surface area contributed by atoms with E-state index in [2.05, 4.69) is 5.32 Å². The standard InChI is InChI=1S/C27H30FN3O4S/c1-20-11-7-8-14-22(20)18-30(25(27(33)29-2)17-21-12-5-4-6-13-21)26(32)19-31(36(3,34)35)24-16-10-9-15-23(24)28/h4-16,25H,17-19H2,1-3H3,(H,29,33)/t25-/m1/s1. The van der Waals surface area contributed by atoms with Crippen LogP contribution in [0.5, 0.6) is 0 Å². The van der Waals surface area contributed by atoms with Gasteiger partial charge in [0.1, 0.15) is 18.4 Å². The summed E-state index contributed by atoms with van der Waals surface area (Å²) in [5, 5.41) is 2.62. The summed E-state index contributed by atoms with van der Waals surface area (Å²) in [7, 11) is -2.53. The van der Waals surface area contributed by atoms with E-state index in [0.717, 1.165) is 33.3 Å². The zero-order valence-corrected chi connectivity index (χ0v) is 21.3. The first-order chi connectivity index (χ1) is 17.1. The topological polar surface area (TPSA) is 86.8 Å². The molecule has 7 nitrogen and oxygen atoms in total. The first-order valence-electron chi connectivity index (χ1n) is 11.4. The van der Waals surface area contributed by atoms with Gasteiger partial charge in [0, 0.05) is 20.0 Å². The number of para-hydroxylation sites is 1. The molecule has 0 fully saturated rings. The van der Waals surface area contributed by atoms with Gasteiger partial charge in [-0.1, -0.05) is 66.7 Å². The van der Waals surface area contributed by atoms with Crippen LogP contribution in [-0.2, 0) is 32.6 Å². The third kappa shape index (κ3) is 6.69. The highest BCUT2D eigenvalue weighted by molar-refractivity contribution is 7.92. The number of sulfonamides is 1. The molecule has 36 heavy (non-hydrogen) atoms. The van der Waals surface area contributed by atoms with Crippen molar-refractivity contribution in [3.05, 3.63) is 101 Å². The summed E-state index contributed by atoms with van der Waals surface area (Å²) in [5.74, 6) is -1.79. The van der Waals surface area contributed by atoms with Crippen LogP contribution in [0.15, 0.2) is 78.9 Å². The number of carbonyl (C=O) groups is 2. The second-order valence-corrected chi connectivity index (χ2v) is 10.4. The Morgan fingerprint density at radius 2 is 1.56 bits per heavy atom. The summed E-state index contributed by atoms with van der Waals surface area (Å²) in [4.78, 5) is 28.2. The Kier molecular flexibility index (Phi) is 8.82. The summed E-state index contributed by atoms with van der Waals surface area (Å²) in [5.41, 5.74) is 2.33. The van der Waals surface area contributed by atoms with E-state index in [1.54, 1.807) is 0 Å². The van der Waals surface area contributed by atoms with E-state index < -0.39 is 40.2 Å². The molecular weight excluding hydrogens is 481 g/mol. The number of hydrogen-bond acceptors (Lipinski definition) is 4. The van der Waals surface area contributed by atoms with Crippen LogP contribution < -0.4 is 9.62 Å². The van der Waals surface area contributed by atoms with Crippen LogP contribution in [0.4, 0.5) is 10.1 Å². The van der Waals surface area contributed by atoms with Gasteiger partial charge < -0.3 is 10.2 Å². The number of amides is 2. The lowest BCUT2D eigenvalue weighted by Crippen LogP contribution is -2.53. The van der Waals surface area contributed by atoms with Gasteiger partial charge in [-0.2, -0.15) is 0 Å². The number of halogens is 1. The molecule has 0 radical (unpaired) electrons. The lowest BCUT2D eigenvalue weighted by atomic mass is 10.0. The molecule has 0 unspecified atom stereocenters. The maximum absolute atomic E-state index is 14.6. The fourth-order valence-corrected chi connectivity index (χ4v) is 4.79. The molecular formula is C27H30FN3O4S. The molecule has 3 aromatic rings. The van der Waals surface area contributed by atoms with Crippen molar-refractivity contribution in [2.24, 2.45) is 0 Å². The predicted molar refractivity (Wildman–Crippen MR) is 138 cm³/mol. The number of carbonyl (C=O) groups excluding carboxylic acids is 2. The van der Waals surface area contributed by atoms with Crippen molar-refractivity contribution in [1.82, 2.24) is 10.2 Å². The molecule has 0 bridgehead atoms. The van der Waals surface area contributed by atoms with Crippen LogP contribution in [0.2, 0.25) is 0 Å². The highest BCUT2D eigenvalue weighted by atomic mass is 32.2. The summed E-state index contributed by atoms with van der Waals surface area (Å²) in [6.07, 6.45) is 1.13. The first-order valence-corrected chi connectivity index (χ1v) is 13.3. The number of anilines is 1. The Labute approximate surface area is 211 Å². The number of nitrogens with one attached hydrogen (secondary N) is 1. The Hall–Kier alpha value is -3.72. The predicted octanol–water partition coefficient (Wildman–Crippen LogP) is 3.29. The summed E-state index contributed by atoms with van der Waals surface area (Å²) >= 11 is 0. The molecule has 3 rings (SSSR count). The van der Waals surface area contributed by atoms with Crippen LogP contribution in [0.25, 0.3) is 0 Å². The number of aryl methyl sites for hydroxylation is 1. The highest BCUT2D eigenvalue weighted by Crippen LogP contribution is 2.23. The van der Waals surface area contributed by atoms with Crippen LogP contribution in [0, 0.1) is 12.7 Å². The molecule has 0 aliphatic carbocycles. The van der Waals surface area contributed by atoms with Crippen molar-refractivity contribution in [2.75, 3.05) is 24.2 Å². The molecule has 0 saturated carbocycles. The molecule has 0 aliphatic rings. The van der Waals surface area contributed by atoms with Gasteiger partial charge in [-0.25, -0.2) is 12.8 Å². The molecule has 0 spiro atoms. The van der Waals surface area contributed by atoms with Gasteiger partial charge in [-0.15, -0.1) is 0 Å². The average Bonchev–Trinajstić information content (AvgIpc) is 2.85. The van der Waals surface area contributed by atoms with Gasteiger partial charge in [-0.3, -0.25) is 13.9 Å². The molecule has 1 N–H and O–H groups in total. The Morgan fingerprint density at radius 3 is 2.17 bits per heavy atom. The zero-order valence-electron chi connectivity index (χ0n) is 20.5. The average molecular weight is 512 g/mol. The van der Waals surface area contributed by atoms with Crippen molar-refractivity contribution >= 4 is 27.5 Å². The van der Waals surface area contributed by atoms with Gasteiger partial charge in [0.2, 0.25) is 21.8 Å². The lowest BCUT2D eigenvalue weighted by Gasteiger charge is -2.33. The van der Waals surface area contributed by atoms with Crippen molar-refractivity contribution in [1.29, 1.82) is 0 Å². The molecule has 3 aromatic carbocycles. The van der Waals surface area contributed by atoms with Gasteiger partial charge in [0.15, 0.2) is 0 Å². The van der Waals surface area contributed by atoms with Gasteiger partial charge >= 0.3 is 0 Å². The van der Waals surface area contributed by atoms with E-state index in [-0.39, 0.29) is 18.7 Å². The SMILES string of the molecule is CNC(=O)[C@@H](Cc1ccccc1)N(Cc1ccccc1C)C(=O)CN(c1ccccc1F)S(C)(=O)=O. The molecule has 0 aromatic heterocycles. The summed E-state index contributed by atoms with van der Waals surface area (Å²) in [6.45, 7) is 1.31. The Morgan fingerprint density at radius 1 is 0.944 bits per heavy atom. The largest absolute Gasteiger partial charge is 0.357 e. The van der Waals surface area contributed by atoms with Gasteiger partial charge in [0.05, 0.1) is 11.9 Å². The minimum atomic E-state index is -4.02. The van der Waals surface area contributed by atoms with E-state index in [9.17, 15) is 22.4 Å². The van der Waals surface area contributed by atoms with E-state index >= 15 is 0 Å². The van der Waals surface area contributed by atoms with Gasteiger partial charge in [0.25, 0.3) is 0 Å². The van der Waals surface area contributed by atoms with Gasteiger partial charge in [-0.05, 0) is 35.7 Å². The maximum atomic E-state index is 14.6. The van der Waals surface area contributed by atoms with Crippen molar-refractivity contribution in [3.63, 3.8) is 0 Å². The number of likely N-dealkylation sites (N-methyl/N-ethyl adjacent to an activating group) is 1. The summed E-state index contributed by atoms with van der Waals surface area (Å²) in [6, 6.07) is 21.1. The van der Waals surface area contributed by atoms with Crippen molar-refractivity contribution < 1.29 is 22.4 Å². The van der Waals surface area contributed by atoms with E-state index in [1.807, 2.05) is 61.5 Å². The number of rotatable bonds is 10. The third-order valence-corrected chi connectivity index (χ3v) is 7.05. The minimum Gasteiger partial charge on any atom is -0.357 e. The van der Waals surface area contributed by atoms with Crippen LogP contribution in [0.1, 0.15) is 16.7 Å². The van der Waals surface area contributed by atoms with Crippen LogP contribution in [0.3, 0.4) is 0 Å². The van der Waals surface area contributed by atoms with Crippen molar-refractivity contribution in [3.8, 4) is 0 Å². The fourth-order valence-electron chi connectivity index (χ4n) is 3.94. The second-order valence-electron chi connectivity index (χ2n) is 8.49. The molecule has 0 aliphatic heterocycles. The smallest absolute Gasteiger partial charge is 0.244 e. The molecule has 9 heteroatoms. The fraction of sp³-hybridized carbons (Fsp3) is 0.259. The molecule has 0 saturated heterocycles. The molecule has 0 heterocycles. The lowest BCUT2D eigenvalue weighted by molar-refractivity contribution is -0.139. The number of nitrogens with zero attached hydrogens (tertiary/aromatic N) is 2. The third-order valence-electron chi connectivity index (χ3n) is 5.92. The monoisotopic (exact) mass is 511 g/mol. The zero-order chi connectivity index (χ0) is 26.3. The second kappa shape index (κ2) is 11.8. The Balaban J connectivity index is 2.05.